The van der Waals surface area contributed by atoms with Crippen molar-refractivity contribution in [1.82, 2.24) is 10.1 Å². The average molecular weight is 357 g/mol. The monoisotopic (exact) mass is 356 g/mol. The summed E-state index contributed by atoms with van der Waals surface area (Å²) in [6, 6.07) is 11.1. The Kier molecular flexibility index (Phi) is 3.44. The van der Waals surface area contributed by atoms with Crippen molar-refractivity contribution in [1.29, 1.82) is 0 Å². The van der Waals surface area contributed by atoms with Crippen molar-refractivity contribution in [2.75, 3.05) is 0 Å². The van der Waals surface area contributed by atoms with Gasteiger partial charge in [-0.05, 0) is 22.4 Å². The van der Waals surface area contributed by atoms with E-state index in [0.717, 1.165) is 16.3 Å². The lowest BCUT2D eigenvalue weighted by molar-refractivity contribution is -0.159. The topological polar surface area (TPSA) is 38.9 Å². The predicted molar refractivity (Wildman–Crippen MR) is 74.9 cm³/mol. The van der Waals surface area contributed by atoms with Gasteiger partial charge in [-0.1, -0.05) is 51.4 Å². The summed E-state index contributed by atoms with van der Waals surface area (Å²) in [5, 5.41) is 5.98. The van der Waals surface area contributed by atoms with E-state index in [-0.39, 0.29) is 5.82 Å². The maximum atomic E-state index is 12.5. The standard InChI is InChI=1S/C14H8BrF3N2O/c15-7-8-1-2-9-3-4-10(6-11(9)5-8)12-19-13(21-20-12)14(16,17)18/h1-6H,7H2. The van der Waals surface area contributed by atoms with Crippen LogP contribution in [-0.2, 0) is 11.5 Å². The van der Waals surface area contributed by atoms with Crippen LogP contribution in [0.4, 0.5) is 13.2 Å². The number of alkyl halides is 4. The largest absolute Gasteiger partial charge is 0.471 e. The molecular formula is C14H8BrF3N2O. The zero-order valence-corrected chi connectivity index (χ0v) is 12.1. The molecule has 1 aromatic heterocycles. The molecule has 0 saturated carbocycles. The van der Waals surface area contributed by atoms with Crippen molar-refractivity contribution in [3.8, 4) is 11.4 Å². The highest BCUT2D eigenvalue weighted by molar-refractivity contribution is 9.08. The van der Waals surface area contributed by atoms with Gasteiger partial charge in [0, 0.05) is 10.9 Å². The van der Waals surface area contributed by atoms with Gasteiger partial charge in [0.1, 0.15) is 0 Å². The van der Waals surface area contributed by atoms with Crippen LogP contribution in [0, 0.1) is 0 Å². The third-order valence-corrected chi connectivity index (χ3v) is 3.63. The van der Waals surface area contributed by atoms with E-state index in [9.17, 15) is 13.2 Å². The Morgan fingerprint density at radius 3 is 2.48 bits per heavy atom. The molecule has 0 N–H and O–H groups in total. The fourth-order valence-electron chi connectivity index (χ4n) is 1.97. The van der Waals surface area contributed by atoms with E-state index < -0.39 is 12.1 Å². The van der Waals surface area contributed by atoms with Gasteiger partial charge >= 0.3 is 12.1 Å². The molecule has 0 radical (unpaired) electrons. The lowest BCUT2D eigenvalue weighted by atomic mass is 10.0. The Morgan fingerprint density at radius 2 is 1.81 bits per heavy atom. The van der Waals surface area contributed by atoms with Crippen LogP contribution >= 0.6 is 15.9 Å². The molecule has 0 fully saturated rings. The Balaban J connectivity index is 2.06. The van der Waals surface area contributed by atoms with Crippen molar-refractivity contribution in [3.05, 3.63) is 47.9 Å². The molecule has 0 aliphatic heterocycles. The van der Waals surface area contributed by atoms with Crippen LogP contribution in [0.25, 0.3) is 22.2 Å². The minimum atomic E-state index is -4.63. The number of halogens is 4. The molecule has 0 saturated heterocycles. The van der Waals surface area contributed by atoms with E-state index >= 15 is 0 Å². The Morgan fingerprint density at radius 1 is 1.05 bits per heavy atom. The Hall–Kier alpha value is -1.89. The molecule has 0 unspecified atom stereocenters. The number of hydrogen-bond donors (Lipinski definition) is 0. The van der Waals surface area contributed by atoms with Crippen molar-refractivity contribution >= 4 is 26.7 Å². The maximum absolute atomic E-state index is 12.5. The third kappa shape index (κ3) is 2.78. The summed E-state index contributed by atoms with van der Waals surface area (Å²) in [7, 11) is 0. The van der Waals surface area contributed by atoms with Gasteiger partial charge in [-0.3, -0.25) is 0 Å². The summed E-state index contributed by atoms with van der Waals surface area (Å²) in [5.74, 6) is -1.42. The normalized spacial score (nSPS) is 12.0. The van der Waals surface area contributed by atoms with Gasteiger partial charge in [0.05, 0.1) is 0 Å². The third-order valence-electron chi connectivity index (χ3n) is 2.99. The molecule has 0 amide bonds. The zero-order valence-electron chi connectivity index (χ0n) is 10.5. The molecule has 21 heavy (non-hydrogen) atoms. The number of aromatic nitrogens is 2. The smallest absolute Gasteiger partial charge is 0.329 e. The molecule has 0 atom stereocenters. The first-order chi connectivity index (χ1) is 9.97. The predicted octanol–water partition coefficient (Wildman–Crippen LogP) is 4.80. The van der Waals surface area contributed by atoms with Crippen LogP contribution in [0.1, 0.15) is 11.5 Å². The molecular weight excluding hydrogens is 349 g/mol. The summed E-state index contributed by atoms with van der Waals surface area (Å²) in [6.07, 6.45) is -4.63. The second-order valence-corrected chi connectivity index (χ2v) is 5.01. The van der Waals surface area contributed by atoms with Crippen LogP contribution in [-0.4, -0.2) is 10.1 Å². The number of hydrogen-bond acceptors (Lipinski definition) is 3. The van der Waals surface area contributed by atoms with Gasteiger partial charge in [-0.15, -0.1) is 0 Å². The number of rotatable bonds is 2. The zero-order chi connectivity index (χ0) is 15.0. The lowest BCUT2D eigenvalue weighted by Crippen LogP contribution is -2.04. The average Bonchev–Trinajstić information content (AvgIpc) is 2.96. The number of benzene rings is 2. The second-order valence-electron chi connectivity index (χ2n) is 4.45. The lowest BCUT2D eigenvalue weighted by Gasteiger charge is -2.02. The molecule has 7 heteroatoms. The highest BCUT2D eigenvalue weighted by Crippen LogP contribution is 2.30. The minimum Gasteiger partial charge on any atom is -0.329 e. The van der Waals surface area contributed by atoms with Crippen LogP contribution in [0.3, 0.4) is 0 Å². The van der Waals surface area contributed by atoms with Crippen LogP contribution in [0.2, 0.25) is 0 Å². The van der Waals surface area contributed by atoms with Crippen LogP contribution in [0.5, 0.6) is 0 Å². The molecule has 108 valence electrons. The van der Waals surface area contributed by atoms with Gasteiger partial charge in [-0.25, -0.2) is 0 Å². The van der Waals surface area contributed by atoms with E-state index in [2.05, 4.69) is 30.6 Å². The van der Waals surface area contributed by atoms with E-state index in [4.69, 9.17) is 0 Å². The van der Waals surface area contributed by atoms with Crippen molar-refractivity contribution < 1.29 is 17.7 Å². The summed E-state index contributed by atoms with van der Waals surface area (Å²) >= 11 is 3.37. The van der Waals surface area contributed by atoms with Crippen molar-refractivity contribution in [3.63, 3.8) is 0 Å². The fourth-order valence-corrected chi connectivity index (χ4v) is 2.32. The van der Waals surface area contributed by atoms with E-state index in [1.807, 2.05) is 24.3 Å². The second kappa shape index (κ2) is 5.14. The Bertz CT molecular complexity index is 798. The molecule has 0 aliphatic carbocycles. The van der Waals surface area contributed by atoms with Crippen LogP contribution < -0.4 is 0 Å². The summed E-state index contributed by atoms with van der Waals surface area (Å²) in [4.78, 5) is 3.39. The molecule has 3 aromatic rings. The molecule has 1 heterocycles. The number of fused-ring (bicyclic) bond motifs is 1. The van der Waals surface area contributed by atoms with Gasteiger partial charge in [0.25, 0.3) is 0 Å². The minimum absolute atomic E-state index is 0.0755. The van der Waals surface area contributed by atoms with E-state index in [1.54, 1.807) is 12.1 Å². The van der Waals surface area contributed by atoms with E-state index in [1.165, 1.54) is 0 Å². The van der Waals surface area contributed by atoms with Gasteiger partial charge in [0.2, 0.25) is 5.82 Å². The first-order valence-electron chi connectivity index (χ1n) is 5.97. The first-order valence-corrected chi connectivity index (χ1v) is 7.09. The van der Waals surface area contributed by atoms with Crippen molar-refractivity contribution in [2.45, 2.75) is 11.5 Å². The first kappa shape index (κ1) is 14.1. The molecule has 0 aliphatic rings. The SMILES string of the molecule is FC(F)(F)c1nc(-c2ccc3ccc(CBr)cc3c2)no1. The highest BCUT2D eigenvalue weighted by Gasteiger charge is 2.38. The molecule has 3 rings (SSSR count). The summed E-state index contributed by atoms with van der Waals surface area (Å²) in [5.41, 5.74) is 1.55. The molecule has 0 bridgehead atoms. The maximum Gasteiger partial charge on any atom is 0.471 e. The quantitative estimate of drug-likeness (QED) is 0.619. The van der Waals surface area contributed by atoms with Gasteiger partial charge in [-0.2, -0.15) is 18.2 Å². The fraction of sp³-hybridized carbons (Fsp3) is 0.143. The highest BCUT2D eigenvalue weighted by atomic mass is 79.9. The summed E-state index contributed by atoms with van der Waals surface area (Å²) < 4.78 is 41.6. The van der Waals surface area contributed by atoms with Crippen LogP contribution in [0.15, 0.2) is 40.9 Å². The Labute approximate surface area is 125 Å². The molecule has 0 spiro atoms. The molecule has 2 aromatic carbocycles. The number of nitrogens with zero attached hydrogens (tertiary/aromatic N) is 2. The van der Waals surface area contributed by atoms with Gasteiger partial charge in [0.15, 0.2) is 0 Å². The van der Waals surface area contributed by atoms with E-state index in [0.29, 0.717) is 10.9 Å². The van der Waals surface area contributed by atoms with Crippen molar-refractivity contribution in [2.24, 2.45) is 0 Å². The molecule has 3 nitrogen and oxygen atoms in total. The summed E-state index contributed by atoms with van der Waals surface area (Å²) in [6.45, 7) is 0. The van der Waals surface area contributed by atoms with Gasteiger partial charge < -0.3 is 4.52 Å².